The van der Waals surface area contributed by atoms with Crippen LogP contribution in [0.5, 0.6) is 17.2 Å². The molecule has 12 N–H and O–H groups in total. The molecule has 0 saturated heterocycles. The number of anilines is 9. The van der Waals surface area contributed by atoms with E-state index in [9.17, 15) is 58.5 Å². The van der Waals surface area contributed by atoms with Gasteiger partial charge in [0.05, 0.1) is 65.0 Å². The second kappa shape index (κ2) is 36.7. The highest BCUT2D eigenvalue weighted by Gasteiger charge is 2.29. The third-order valence-electron chi connectivity index (χ3n) is 19.1. The Morgan fingerprint density at radius 1 is 0.427 bits per heavy atom. The van der Waals surface area contributed by atoms with Crippen LogP contribution in [0, 0.1) is 5.41 Å². The number of nitrogens with one attached hydrogen (secondary N) is 9. The van der Waals surface area contributed by atoms with Crippen molar-refractivity contribution in [1.82, 2.24) is 44.0 Å². The quantitative estimate of drug-likeness (QED) is 0.0250. The summed E-state index contributed by atoms with van der Waals surface area (Å²) in [4.78, 5) is 123. The monoisotopic (exact) mass is 1500 g/mol. The van der Waals surface area contributed by atoms with Crippen molar-refractivity contribution < 1.29 is 29.7 Å². The fourth-order valence-electron chi connectivity index (χ4n) is 12.4. The predicted octanol–water partition coefficient (Wildman–Crippen LogP) is 12.6. The zero-order chi connectivity index (χ0) is 79.7. The van der Waals surface area contributed by atoms with Gasteiger partial charge in [0.2, 0.25) is 0 Å². The molecule has 1 aliphatic rings. The van der Waals surface area contributed by atoms with Crippen molar-refractivity contribution in [2.24, 2.45) is 5.41 Å². The van der Waals surface area contributed by atoms with Crippen LogP contribution in [-0.4, -0.2) is 125 Å². The molecule has 7 aromatic carbocycles. The van der Waals surface area contributed by atoms with Gasteiger partial charge in [-0.1, -0.05) is 193 Å². The lowest BCUT2D eigenvalue weighted by Gasteiger charge is -2.29. The molecule has 0 aliphatic heterocycles. The van der Waals surface area contributed by atoms with E-state index in [0.29, 0.717) is 12.8 Å². The van der Waals surface area contributed by atoms with Gasteiger partial charge in [0.25, 0.3) is 51.1 Å². The summed E-state index contributed by atoms with van der Waals surface area (Å²) >= 11 is 0. The molecule has 3 aromatic heterocycles. The SMILES string of the molecule is CC[C@@H](Nc1c(Nc2cccc(C(=O)N(C)C)c2O)c(=O)n(C2CCCCC2)[nH]c1=O)c1ccccc1.CC[C@@H](Nc1c(Nc2cccc(C(=O)N(C)C)c2O)c(=O)n(Cc2ccccc2)[nH]c1=O)c1ccccc1.C[C@H](Nc1c(Nc2cccc(C(=O)N(C)C)c2O)c(=O)n(Cc2ccccc2)[nH]c1=O)C(C)(C)C. The van der Waals surface area contributed by atoms with Gasteiger partial charge in [-0.05, 0) is 96.7 Å². The van der Waals surface area contributed by atoms with Gasteiger partial charge in [-0.25, -0.2) is 14.0 Å². The van der Waals surface area contributed by atoms with E-state index in [1.165, 1.54) is 46.9 Å². The molecule has 27 nitrogen and oxygen atoms in total. The second-order valence-electron chi connectivity index (χ2n) is 28.6. The Hall–Kier alpha value is -12.8. The molecule has 0 radical (unpaired) electrons. The minimum atomic E-state index is -0.502. The Labute approximate surface area is 637 Å². The maximum Gasteiger partial charge on any atom is 0.291 e. The summed E-state index contributed by atoms with van der Waals surface area (Å²) in [6.45, 7) is 12.3. The minimum Gasteiger partial charge on any atom is -0.505 e. The molecule has 1 aliphatic carbocycles. The normalized spacial score (nSPS) is 12.8. The molecule has 3 heterocycles. The van der Waals surface area contributed by atoms with Crippen LogP contribution in [-0.2, 0) is 13.1 Å². The molecule has 0 bridgehead atoms. The molecule has 0 unspecified atom stereocenters. The number of H-pyrrole nitrogens is 3. The van der Waals surface area contributed by atoms with Crippen LogP contribution in [0.1, 0.15) is 158 Å². The van der Waals surface area contributed by atoms with E-state index in [-0.39, 0.29) is 139 Å². The number of phenols is 3. The lowest BCUT2D eigenvalue weighted by atomic mass is 9.88. The summed E-state index contributed by atoms with van der Waals surface area (Å²) in [6.07, 6.45) is 6.02. The maximum atomic E-state index is 13.8. The molecular formula is C83H99N15O12. The van der Waals surface area contributed by atoms with E-state index in [0.717, 1.165) is 54.4 Å². The van der Waals surface area contributed by atoms with Crippen LogP contribution in [0.3, 0.4) is 0 Å². The smallest absolute Gasteiger partial charge is 0.291 e. The fraction of sp³-hybridized carbons (Fsp3) is 0.313. The Bertz CT molecular complexity index is 5240. The lowest BCUT2D eigenvalue weighted by Crippen LogP contribution is -2.38. The standard InChI is InChI=1S/C29H31N5O4.C28H35N5O4.C26H33N5O4/c1-4-22(20-14-9-6-10-15-20)30-24-25(31-23-17-11-16-21(26(23)35)28(37)33(2)3)29(38)34(32-27(24)36)18-19-12-7-5-8-13-19;1-4-21(18-12-7-5-8-13-18)29-23-24(28(37)33(31-26(23)35)19-14-9-6-10-15-19)30-22-17-11-16-20(25(22)34)27(36)32(2)3;1-16(26(2,3)4)27-20-21(28-19-14-10-13-18(22(19)32)24(34)30(5)6)25(35)31(29-23(20)33)15-17-11-8-7-9-12-17/h5-17,22,30-31,35H,4,18H2,1-3H3,(H,32,36);5,7-8,11-13,16-17,19,21,29-30,34H,4,6,9-10,14-15H2,1-3H3,(H,31,35);7-14,16,27-28,32H,15H2,1-6H3,(H,29,33)/t22-;21-;16-/m110/s1. The maximum absolute atomic E-state index is 13.8. The molecule has 1 saturated carbocycles. The minimum absolute atomic E-state index is 0.0227. The third kappa shape index (κ3) is 19.7. The van der Waals surface area contributed by atoms with Crippen molar-refractivity contribution in [3.63, 3.8) is 0 Å². The van der Waals surface area contributed by atoms with Crippen molar-refractivity contribution in [3.05, 3.63) is 277 Å². The van der Waals surface area contributed by atoms with Crippen molar-refractivity contribution in [2.45, 2.75) is 124 Å². The van der Waals surface area contributed by atoms with Gasteiger partial charge in [0, 0.05) is 48.3 Å². The van der Waals surface area contributed by atoms with Crippen LogP contribution < -0.4 is 65.3 Å². The Balaban J connectivity index is 0.000000190. The van der Waals surface area contributed by atoms with Crippen LogP contribution in [0.15, 0.2) is 205 Å². The molecule has 3 amide bonds. The number of carbonyl (C=O) groups is 3. The average molecular weight is 1500 g/mol. The number of hydrogen-bond donors (Lipinski definition) is 12. The first-order valence-corrected chi connectivity index (χ1v) is 36.5. The number of nitrogens with zero attached hydrogens (tertiary/aromatic N) is 6. The summed E-state index contributed by atoms with van der Waals surface area (Å²) in [6, 6.07) is 51.1. The number of hydrogen-bond acceptors (Lipinski definition) is 18. The molecule has 578 valence electrons. The van der Waals surface area contributed by atoms with E-state index in [2.05, 4.69) is 47.2 Å². The summed E-state index contributed by atoms with van der Waals surface area (Å²) < 4.78 is 3.86. The zero-order valence-electron chi connectivity index (χ0n) is 64.1. The van der Waals surface area contributed by atoms with E-state index in [4.69, 9.17) is 0 Å². The molecule has 110 heavy (non-hydrogen) atoms. The van der Waals surface area contributed by atoms with Crippen molar-refractivity contribution in [3.8, 4) is 17.2 Å². The molecule has 0 spiro atoms. The largest absolute Gasteiger partial charge is 0.505 e. The number of aromatic amines is 3. The van der Waals surface area contributed by atoms with Gasteiger partial charge in [0.15, 0.2) is 17.2 Å². The van der Waals surface area contributed by atoms with Gasteiger partial charge < -0.3 is 61.9 Å². The third-order valence-corrected chi connectivity index (χ3v) is 19.1. The molecule has 10 aromatic rings. The molecular weight excluding hydrogens is 1400 g/mol. The molecule has 1 fully saturated rings. The number of amides is 3. The van der Waals surface area contributed by atoms with Gasteiger partial charge >= 0.3 is 0 Å². The lowest BCUT2D eigenvalue weighted by molar-refractivity contribution is 0.0817. The molecule has 3 atom stereocenters. The van der Waals surface area contributed by atoms with E-state index in [1.807, 2.05) is 163 Å². The number of aromatic nitrogens is 6. The van der Waals surface area contributed by atoms with Crippen molar-refractivity contribution in [2.75, 3.05) is 74.2 Å². The molecule has 11 rings (SSSR count). The first kappa shape index (κ1) is 81.3. The van der Waals surface area contributed by atoms with E-state index < -0.39 is 39.6 Å². The highest BCUT2D eigenvalue weighted by atomic mass is 16.3. The fourth-order valence-corrected chi connectivity index (χ4v) is 12.4. The average Bonchev–Trinajstić information content (AvgIpc) is 0.775. The predicted molar refractivity (Wildman–Crippen MR) is 434 cm³/mol. The number of carbonyl (C=O) groups excluding carboxylic acids is 3. The van der Waals surface area contributed by atoms with Crippen LogP contribution >= 0.6 is 0 Å². The first-order valence-electron chi connectivity index (χ1n) is 36.5. The van der Waals surface area contributed by atoms with Crippen molar-refractivity contribution in [1.29, 1.82) is 0 Å². The first-order chi connectivity index (χ1) is 52.5. The highest BCUT2D eigenvalue weighted by Crippen LogP contribution is 2.37. The topological polar surface area (TPSA) is 358 Å². The number of aromatic hydroxyl groups is 3. The highest BCUT2D eigenvalue weighted by molar-refractivity contribution is 6.00. The Morgan fingerprint density at radius 2 is 0.745 bits per heavy atom. The zero-order valence-corrected chi connectivity index (χ0v) is 64.1. The van der Waals surface area contributed by atoms with Gasteiger partial charge in [0.1, 0.15) is 34.1 Å². The van der Waals surface area contributed by atoms with Crippen molar-refractivity contribution >= 4 is 68.9 Å². The Kier molecular flexibility index (Phi) is 27.1. The number of rotatable bonds is 24. The van der Waals surface area contributed by atoms with E-state index in [1.54, 1.807) is 78.7 Å². The van der Waals surface area contributed by atoms with Crippen LogP contribution in [0.25, 0.3) is 0 Å². The van der Waals surface area contributed by atoms with E-state index >= 15 is 0 Å². The summed E-state index contributed by atoms with van der Waals surface area (Å²) in [5.74, 6) is -2.08. The van der Waals surface area contributed by atoms with Crippen LogP contribution in [0.4, 0.5) is 51.2 Å². The van der Waals surface area contributed by atoms with Gasteiger partial charge in [-0.15, -0.1) is 0 Å². The number of benzene rings is 7. The number of phenolic OH excluding ortho intramolecular Hbond substituents is 3. The molecule has 27 heteroatoms. The number of para-hydroxylation sites is 3. The van der Waals surface area contributed by atoms with Gasteiger partial charge in [-0.3, -0.25) is 58.4 Å². The second-order valence-corrected chi connectivity index (χ2v) is 28.6. The van der Waals surface area contributed by atoms with Gasteiger partial charge in [-0.2, -0.15) is 0 Å². The summed E-state index contributed by atoms with van der Waals surface area (Å²) in [5, 5.41) is 59.3. The Morgan fingerprint density at radius 3 is 1.07 bits per heavy atom. The van der Waals surface area contributed by atoms with Crippen LogP contribution in [0.2, 0.25) is 0 Å². The summed E-state index contributed by atoms with van der Waals surface area (Å²) in [5.41, 5.74) is 1.44. The summed E-state index contributed by atoms with van der Waals surface area (Å²) in [7, 11) is 9.51.